The van der Waals surface area contributed by atoms with Gasteiger partial charge in [0, 0.05) is 0 Å². The molecule has 1 aliphatic heterocycles. The maximum absolute atomic E-state index is 11.7. The minimum Gasteiger partial charge on any atom is -0.300 e. The van der Waals surface area contributed by atoms with Crippen molar-refractivity contribution in [2.45, 2.75) is 37.6 Å². The molecule has 1 aliphatic carbocycles. The number of hydrogen-bond acceptors (Lipinski definition) is 3. The highest BCUT2D eigenvalue weighted by molar-refractivity contribution is 7.80. The summed E-state index contributed by atoms with van der Waals surface area (Å²) in [6.07, 6.45) is 5.23. The highest BCUT2D eigenvalue weighted by Crippen LogP contribution is 2.28. The fourth-order valence-corrected chi connectivity index (χ4v) is 2.14. The van der Waals surface area contributed by atoms with Crippen LogP contribution in [0.2, 0.25) is 0 Å². The standard InChI is InChI=1S/C8H13N3OS/c12-6-8(4-2-1-3-5-8)11-10-7(13)9-6/h11H,1-5H2,(H2,9,10,12,13). The molecule has 1 saturated heterocycles. The molecule has 4 nitrogen and oxygen atoms in total. The monoisotopic (exact) mass is 199 g/mol. The molecular weight excluding hydrogens is 186 g/mol. The number of hydrazine groups is 1. The van der Waals surface area contributed by atoms with Crippen molar-refractivity contribution in [2.75, 3.05) is 0 Å². The van der Waals surface area contributed by atoms with Crippen molar-refractivity contribution < 1.29 is 4.79 Å². The predicted molar refractivity (Wildman–Crippen MR) is 52.8 cm³/mol. The first kappa shape index (κ1) is 8.90. The summed E-state index contributed by atoms with van der Waals surface area (Å²) in [5, 5.41) is 3.03. The van der Waals surface area contributed by atoms with Crippen molar-refractivity contribution in [2.24, 2.45) is 0 Å². The lowest BCUT2D eigenvalue weighted by Gasteiger charge is -2.40. The van der Waals surface area contributed by atoms with Crippen molar-refractivity contribution in [3.63, 3.8) is 0 Å². The largest absolute Gasteiger partial charge is 0.300 e. The first-order valence-corrected chi connectivity index (χ1v) is 5.02. The molecule has 2 fully saturated rings. The maximum atomic E-state index is 11.7. The van der Waals surface area contributed by atoms with Gasteiger partial charge in [0.15, 0.2) is 5.11 Å². The number of amides is 1. The maximum Gasteiger partial charge on any atom is 0.248 e. The number of rotatable bonds is 0. The van der Waals surface area contributed by atoms with Crippen LogP contribution < -0.4 is 16.2 Å². The van der Waals surface area contributed by atoms with E-state index in [-0.39, 0.29) is 5.91 Å². The third-order valence-corrected chi connectivity index (χ3v) is 2.99. The van der Waals surface area contributed by atoms with Crippen molar-refractivity contribution in [1.29, 1.82) is 0 Å². The molecule has 0 radical (unpaired) electrons. The molecule has 0 unspecified atom stereocenters. The van der Waals surface area contributed by atoms with Gasteiger partial charge in [0.2, 0.25) is 5.91 Å². The number of carbonyl (C=O) groups is 1. The number of thiocarbonyl (C=S) groups is 1. The van der Waals surface area contributed by atoms with E-state index in [0.29, 0.717) is 5.11 Å². The van der Waals surface area contributed by atoms with E-state index in [0.717, 1.165) is 25.7 Å². The van der Waals surface area contributed by atoms with E-state index in [1.54, 1.807) is 0 Å². The highest BCUT2D eigenvalue weighted by Gasteiger charge is 2.42. The van der Waals surface area contributed by atoms with Gasteiger partial charge in [-0.25, -0.2) is 5.43 Å². The van der Waals surface area contributed by atoms with Gasteiger partial charge in [-0.05, 0) is 25.1 Å². The predicted octanol–water partition coefficient (Wildman–Crippen LogP) is 0.198. The second-order valence-electron chi connectivity index (χ2n) is 3.68. The summed E-state index contributed by atoms with van der Waals surface area (Å²) in [5.74, 6) is 0.0240. The average Bonchev–Trinajstić information content (AvgIpc) is 2.14. The van der Waals surface area contributed by atoms with Crippen molar-refractivity contribution >= 4 is 23.2 Å². The van der Waals surface area contributed by atoms with Crippen LogP contribution in [-0.2, 0) is 4.79 Å². The molecule has 1 amide bonds. The van der Waals surface area contributed by atoms with E-state index < -0.39 is 5.54 Å². The molecule has 3 N–H and O–H groups in total. The zero-order chi connectivity index (χ0) is 9.31. The van der Waals surface area contributed by atoms with E-state index >= 15 is 0 Å². The van der Waals surface area contributed by atoms with Crippen LogP contribution in [0.3, 0.4) is 0 Å². The summed E-state index contributed by atoms with van der Waals surface area (Å²) in [7, 11) is 0. The lowest BCUT2D eigenvalue weighted by atomic mass is 9.81. The topological polar surface area (TPSA) is 53.2 Å². The molecule has 0 aromatic rings. The Morgan fingerprint density at radius 1 is 1.23 bits per heavy atom. The van der Waals surface area contributed by atoms with Gasteiger partial charge in [0.05, 0.1) is 0 Å². The van der Waals surface area contributed by atoms with E-state index in [4.69, 9.17) is 12.2 Å². The van der Waals surface area contributed by atoms with E-state index in [9.17, 15) is 4.79 Å². The molecule has 2 aliphatic rings. The molecule has 1 heterocycles. The molecular formula is C8H13N3OS. The Kier molecular flexibility index (Phi) is 2.21. The van der Waals surface area contributed by atoms with Gasteiger partial charge < -0.3 is 5.32 Å². The molecule has 72 valence electrons. The minimum absolute atomic E-state index is 0.0240. The first-order valence-electron chi connectivity index (χ1n) is 4.62. The van der Waals surface area contributed by atoms with Gasteiger partial charge in [-0.1, -0.05) is 19.3 Å². The Balaban J connectivity index is 2.12. The van der Waals surface area contributed by atoms with Crippen LogP contribution in [-0.4, -0.2) is 16.6 Å². The van der Waals surface area contributed by atoms with Crippen LogP contribution in [0.1, 0.15) is 32.1 Å². The highest BCUT2D eigenvalue weighted by atomic mass is 32.1. The fourth-order valence-electron chi connectivity index (χ4n) is 1.99. The molecule has 13 heavy (non-hydrogen) atoms. The Morgan fingerprint density at radius 2 is 1.92 bits per heavy atom. The Labute approximate surface area is 82.4 Å². The van der Waals surface area contributed by atoms with Crippen LogP contribution in [0, 0.1) is 0 Å². The number of hydrogen-bond donors (Lipinski definition) is 3. The molecule has 0 aromatic heterocycles. The van der Waals surface area contributed by atoms with Crippen LogP contribution >= 0.6 is 12.2 Å². The van der Waals surface area contributed by atoms with Crippen LogP contribution in [0.25, 0.3) is 0 Å². The van der Waals surface area contributed by atoms with Crippen LogP contribution in [0.15, 0.2) is 0 Å². The first-order chi connectivity index (χ1) is 6.23. The van der Waals surface area contributed by atoms with Gasteiger partial charge in [-0.3, -0.25) is 10.2 Å². The summed E-state index contributed by atoms with van der Waals surface area (Å²) >= 11 is 4.83. The van der Waals surface area contributed by atoms with Crippen molar-refractivity contribution in [3.05, 3.63) is 0 Å². The lowest BCUT2D eigenvalue weighted by molar-refractivity contribution is -0.129. The van der Waals surface area contributed by atoms with Crippen molar-refractivity contribution in [1.82, 2.24) is 16.2 Å². The fraction of sp³-hybridized carbons (Fsp3) is 0.750. The van der Waals surface area contributed by atoms with E-state index in [1.165, 1.54) is 6.42 Å². The SMILES string of the molecule is O=C1NC(=S)NNC12CCCCC2. The molecule has 5 heteroatoms. The van der Waals surface area contributed by atoms with Gasteiger partial charge in [-0.15, -0.1) is 0 Å². The number of carbonyl (C=O) groups excluding carboxylic acids is 1. The molecule has 0 atom stereocenters. The zero-order valence-electron chi connectivity index (χ0n) is 7.35. The lowest BCUT2D eigenvalue weighted by Crippen LogP contribution is -2.70. The molecule has 0 bridgehead atoms. The number of nitrogens with one attached hydrogen (secondary N) is 3. The van der Waals surface area contributed by atoms with Crippen LogP contribution in [0.5, 0.6) is 0 Å². The summed E-state index contributed by atoms with van der Waals surface area (Å²) in [6, 6.07) is 0. The Hall–Kier alpha value is -0.680. The molecule has 0 aromatic carbocycles. The normalized spacial score (nSPS) is 26.8. The quantitative estimate of drug-likeness (QED) is 0.488. The van der Waals surface area contributed by atoms with Gasteiger partial charge in [0.25, 0.3) is 0 Å². The van der Waals surface area contributed by atoms with E-state index in [2.05, 4.69) is 16.2 Å². The third kappa shape index (κ3) is 1.53. The zero-order valence-corrected chi connectivity index (χ0v) is 8.17. The average molecular weight is 199 g/mol. The Bertz CT molecular complexity index is 248. The molecule has 1 spiro atoms. The smallest absolute Gasteiger partial charge is 0.248 e. The third-order valence-electron chi connectivity index (χ3n) is 2.78. The second kappa shape index (κ2) is 3.23. The van der Waals surface area contributed by atoms with E-state index in [1.807, 2.05) is 0 Å². The van der Waals surface area contributed by atoms with Gasteiger partial charge in [-0.2, -0.15) is 0 Å². The molecule has 2 rings (SSSR count). The van der Waals surface area contributed by atoms with Gasteiger partial charge in [0.1, 0.15) is 5.54 Å². The minimum atomic E-state index is -0.402. The second-order valence-corrected chi connectivity index (χ2v) is 4.08. The summed E-state index contributed by atoms with van der Waals surface area (Å²) < 4.78 is 0. The summed E-state index contributed by atoms with van der Waals surface area (Å²) in [6.45, 7) is 0. The Morgan fingerprint density at radius 3 is 2.54 bits per heavy atom. The summed E-state index contributed by atoms with van der Waals surface area (Å²) in [4.78, 5) is 11.7. The summed E-state index contributed by atoms with van der Waals surface area (Å²) in [5.41, 5.74) is 5.45. The van der Waals surface area contributed by atoms with Gasteiger partial charge >= 0.3 is 0 Å². The molecule has 1 saturated carbocycles. The van der Waals surface area contributed by atoms with Crippen LogP contribution in [0.4, 0.5) is 0 Å². The van der Waals surface area contributed by atoms with Crippen molar-refractivity contribution in [3.8, 4) is 0 Å².